The molecule has 1 aromatic carbocycles. The molecule has 0 amide bonds. The highest BCUT2D eigenvalue weighted by Crippen LogP contribution is 2.29. The van der Waals surface area contributed by atoms with E-state index in [1.807, 2.05) is 42.7 Å². The molecule has 0 saturated carbocycles. The SMILES string of the molecule is CC1=NN(CCNc2ccccc2Cl)c2nc3c(c(=O)n(C)c(=O)n3C)n2C1C. The first-order valence-electron chi connectivity index (χ1n) is 9.30. The molecule has 0 fully saturated rings. The highest BCUT2D eigenvalue weighted by atomic mass is 35.5. The van der Waals surface area contributed by atoms with Crippen molar-refractivity contribution in [3.05, 3.63) is 50.1 Å². The molecule has 1 atom stereocenters. The van der Waals surface area contributed by atoms with E-state index in [9.17, 15) is 9.59 Å². The van der Waals surface area contributed by atoms with E-state index in [4.69, 9.17) is 11.6 Å². The Morgan fingerprint density at radius 2 is 1.90 bits per heavy atom. The quantitative estimate of drug-likeness (QED) is 0.703. The van der Waals surface area contributed by atoms with Gasteiger partial charge in [-0.1, -0.05) is 23.7 Å². The molecular weight excluding hydrogens is 394 g/mol. The molecule has 152 valence electrons. The van der Waals surface area contributed by atoms with Crippen molar-refractivity contribution >= 4 is 40.1 Å². The van der Waals surface area contributed by atoms with Gasteiger partial charge in [0.15, 0.2) is 11.2 Å². The number of halogens is 1. The fourth-order valence-corrected chi connectivity index (χ4v) is 3.71. The van der Waals surface area contributed by atoms with Crippen LogP contribution in [0.4, 0.5) is 11.6 Å². The number of nitrogens with one attached hydrogen (secondary N) is 1. The molecule has 9 nitrogen and oxygen atoms in total. The van der Waals surface area contributed by atoms with Crippen molar-refractivity contribution in [2.45, 2.75) is 19.9 Å². The van der Waals surface area contributed by atoms with E-state index < -0.39 is 5.69 Å². The van der Waals surface area contributed by atoms with Crippen LogP contribution in [0.1, 0.15) is 19.9 Å². The molecule has 1 unspecified atom stereocenters. The monoisotopic (exact) mass is 415 g/mol. The molecule has 0 aliphatic carbocycles. The summed E-state index contributed by atoms with van der Waals surface area (Å²) in [6.45, 7) is 4.95. The third-order valence-electron chi connectivity index (χ3n) is 5.29. The number of anilines is 2. The average Bonchev–Trinajstić information content (AvgIpc) is 3.11. The Kier molecular flexibility index (Phi) is 4.70. The Morgan fingerprint density at radius 1 is 1.17 bits per heavy atom. The van der Waals surface area contributed by atoms with E-state index >= 15 is 0 Å². The lowest BCUT2D eigenvalue weighted by atomic mass is 10.2. The Bertz CT molecular complexity index is 1250. The van der Waals surface area contributed by atoms with Crippen molar-refractivity contribution < 1.29 is 0 Å². The predicted molar refractivity (Wildman–Crippen MR) is 115 cm³/mol. The van der Waals surface area contributed by atoms with Crippen LogP contribution in [0, 0.1) is 0 Å². The molecule has 10 heteroatoms. The van der Waals surface area contributed by atoms with Gasteiger partial charge in [-0.15, -0.1) is 0 Å². The fraction of sp³-hybridized carbons (Fsp3) is 0.368. The zero-order chi connectivity index (χ0) is 20.9. The minimum absolute atomic E-state index is 0.145. The standard InChI is InChI=1S/C19H22ClN7O2/c1-11-12(2)27-15-16(24(3)19(29)25(4)17(15)28)22-18(27)26(23-11)10-9-21-14-8-6-5-7-13(14)20/h5-8,12,21H,9-10H2,1-4H3. The van der Waals surface area contributed by atoms with Crippen LogP contribution in [0.5, 0.6) is 0 Å². The number of para-hydroxylation sites is 1. The molecule has 1 aliphatic rings. The molecule has 3 aromatic rings. The highest BCUT2D eigenvalue weighted by Gasteiger charge is 2.30. The molecule has 1 N–H and O–H groups in total. The topological polar surface area (TPSA) is 89.5 Å². The maximum absolute atomic E-state index is 12.8. The maximum Gasteiger partial charge on any atom is 0.332 e. The zero-order valence-electron chi connectivity index (χ0n) is 16.7. The molecule has 0 bridgehead atoms. The van der Waals surface area contributed by atoms with Gasteiger partial charge in [-0.3, -0.25) is 18.5 Å². The van der Waals surface area contributed by atoms with Crippen LogP contribution in [0.2, 0.25) is 5.02 Å². The van der Waals surface area contributed by atoms with Crippen LogP contribution >= 0.6 is 11.6 Å². The van der Waals surface area contributed by atoms with Gasteiger partial charge in [0.1, 0.15) is 0 Å². The summed E-state index contributed by atoms with van der Waals surface area (Å²) in [6.07, 6.45) is 0. The number of nitrogens with zero attached hydrogens (tertiary/aromatic N) is 6. The summed E-state index contributed by atoms with van der Waals surface area (Å²) < 4.78 is 4.35. The van der Waals surface area contributed by atoms with E-state index in [1.165, 1.54) is 11.6 Å². The first-order valence-corrected chi connectivity index (χ1v) is 9.68. The third-order valence-corrected chi connectivity index (χ3v) is 5.62. The maximum atomic E-state index is 12.8. The van der Waals surface area contributed by atoms with Crippen molar-refractivity contribution in [2.24, 2.45) is 19.2 Å². The molecule has 0 saturated heterocycles. The predicted octanol–water partition coefficient (Wildman–Crippen LogP) is 1.96. The van der Waals surface area contributed by atoms with E-state index in [0.29, 0.717) is 35.2 Å². The average molecular weight is 416 g/mol. The third kappa shape index (κ3) is 3.02. The van der Waals surface area contributed by atoms with Gasteiger partial charge in [0.05, 0.1) is 29.0 Å². The molecule has 29 heavy (non-hydrogen) atoms. The van der Waals surface area contributed by atoms with Crippen LogP contribution < -0.4 is 21.6 Å². The fourth-order valence-electron chi connectivity index (χ4n) is 3.51. The highest BCUT2D eigenvalue weighted by molar-refractivity contribution is 6.33. The normalized spacial score (nSPS) is 16.1. The number of imidazole rings is 1. The van der Waals surface area contributed by atoms with Crippen molar-refractivity contribution in [3.63, 3.8) is 0 Å². The Morgan fingerprint density at radius 3 is 2.62 bits per heavy atom. The number of hydrazone groups is 1. The number of rotatable bonds is 4. The van der Waals surface area contributed by atoms with Crippen molar-refractivity contribution in [3.8, 4) is 0 Å². The van der Waals surface area contributed by atoms with Crippen LogP contribution in [-0.4, -0.2) is 37.5 Å². The molecule has 2 aromatic heterocycles. The molecule has 4 rings (SSSR count). The van der Waals surface area contributed by atoms with Gasteiger partial charge >= 0.3 is 5.69 Å². The minimum atomic E-state index is -0.407. The number of aromatic nitrogens is 4. The van der Waals surface area contributed by atoms with Gasteiger partial charge in [-0.05, 0) is 26.0 Å². The smallest absolute Gasteiger partial charge is 0.332 e. The van der Waals surface area contributed by atoms with Gasteiger partial charge in [-0.25, -0.2) is 9.80 Å². The van der Waals surface area contributed by atoms with Crippen molar-refractivity contribution in [1.29, 1.82) is 0 Å². The van der Waals surface area contributed by atoms with Gasteiger partial charge in [0.25, 0.3) is 5.56 Å². The summed E-state index contributed by atoms with van der Waals surface area (Å²) in [5.74, 6) is 0.539. The van der Waals surface area contributed by atoms with Crippen LogP contribution in [0.25, 0.3) is 11.2 Å². The summed E-state index contributed by atoms with van der Waals surface area (Å²) in [7, 11) is 3.09. The van der Waals surface area contributed by atoms with Crippen LogP contribution in [-0.2, 0) is 14.1 Å². The van der Waals surface area contributed by atoms with E-state index in [2.05, 4.69) is 15.4 Å². The molecule has 1 aliphatic heterocycles. The van der Waals surface area contributed by atoms with Gasteiger partial charge < -0.3 is 5.32 Å². The van der Waals surface area contributed by atoms with Gasteiger partial charge in [0.2, 0.25) is 5.95 Å². The lowest BCUT2D eigenvalue weighted by molar-refractivity contribution is 0.638. The summed E-state index contributed by atoms with van der Waals surface area (Å²) in [5, 5.41) is 10.3. The minimum Gasteiger partial charge on any atom is -0.382 e. The number of hydrogen-bond acceptors (Lipinski definition) is 6. The Balaban J connectivity index is 1.74. The molecule has 3 heterocycles. The number of benzene rings is 1. The molecule has 0 spiro atoms. The summed E-state index contributed by atoms with van der Waals surface area (Å²) >= 11 is 6.20. The van der Waals surface area contributed by atoms with Crippen LogP contribution in [0.3, 0.4) is 0 Å². The van der Waals surface area contributed by atoms with Gasteiger partial charge in [-0.2, -0.15) is 10.1 Å². The zero-order valence-corrected chi connectivity index (χ0v) is 17.4. The first-order chi connectivity index (χ1) is 13.8. The number of aryl methyl sites for hydroxylation is 1. The van der Waals surface area contributed by atoms with Crippen molar-refractivity contribution in [1.82, 2.24) is 18.7 Å². The second kappa shape index (κ2) is 7.07. The van der Waals surface area contributed by atoms with E-state index in [-0.39, 0.29) is 11.6 Å². The number of fused-ring (bicyclic) bond motifs is 3. The Hall–Kier alpha value is -3.07. The lowest BCUT2D eigenvalue weighted by Crippen LogP contribution is -2.39. The second-order valence-electron chi connectivity index (χ2n) is 7.11. The first kappa shape index (κ1) is 19.3. The summed E-state index contributed by atoms with van der Waals surface area (Å²) in [5.41, 5.74) is 1.67. The summed E-state index contributed by atoms with van der Waals surface area (Å²) in [4.78, 5) is 29.8. The molecule has 0 radical (unpaired) electrons. The second-order valence-corrected chi connectivity index (χ2v) is 7.51. The van der Waals surface area contributed by atoms with Crippen molar-refractivity contribution in [2.75, 3.05) is 23.4 Å². The van der Waals surface area contributed by atoms with E-state index in [0.717, 1.165) is 16.0 Å². The Labute approximate surface area is 171 Å². The molecular formula is C19H22ClN7O2. The van der Waals surface area contributed by atoms with Gasteiger partial charge in [0, 0.05) is 20.6 Å². The largest absolute Gasteiger partial charge is 0.382 e. The lowest BCUT2D eigenvalue weighted by Gasteiger charge is -2.29. The summed E-state index contributed by atoms with van der Waals surface area (Å²) in [6, 6.07) is 7.37. The van der Waals surface area contributed by atoms with E-state index in [1.54, 1.807) is 12.1 Å². The number of hydrogen-bond donors (Lipinski definition) is 1. The van der Waals surface area contributed by atoms with Crippen LogP contribution in [0.15, 0.2) is 39.0 Å².